The average molecular weight is 385 g/mol. The van der Waals surface area contributed by atoms with Crippen molar-refractivity contribution in [2.45, 2.75) is 19.0 Å². The van der Waals surface area contributed by atoms with Crippen LogP contribution in [0.25, 0.3) is 11.1 Å². The molecule has 3 amide bonds. The summed E-state index contributed by atoms with van der Waals surface area (Å²) in [6, 6.07) is 11.3. The SMILES string of the molecule is Cc1nc2ccc([C@@H](c3ccc(Cl)cc3)N3CC(C(N)=O)NC3=O)cc2o1. The molecule has 0 bridgehead atoms. The molecule has 1 aliphatic rings. The molecule has 3 aromatic rings. The third-order valence-corrected chi connectivity index (χ3v) is 4.87. The average Bonchev–Trinajstić information content (AvgIpc) is 3.19. The van der Waals surface area contributed by atoms with E-state index < -0.39 is 18.0 Å². The Bertz CT molecular complexity index is 1030. The fraction of sp³-hybridized carbons (Fsp3) is 0.211. The summed E-state index contributed by atoms with van der Waals surface area (Å²) in [7, 11) is 0. The number of nitrogens with one attached hydrogen (secondary N) is 1. The van der Waals surface area contributed by atoms with Crippen LogP contribution in [0.3, 0.4) is 0 Å². The van der Waals surface area contributed by atoms with E-state index in [-0.39, 0.29) is 12.6 Å². The van der Waals surface area contributed by atoms with Gasteiger partial charge in [0.1, 0.15) is 11.6 Å². The summed E-state index contributed by atoms with van der Waals surface area (Å²) in [5.74, 6) is -0.0000754. The van der Waals surface area contributed by atoms with Crippen LogP contribution in [-0.4, -0.2) is 34.4 Å². The standard InChI is InChI=1S/C19H17ClN4O3/c1-10-22-14-7-4-12(8-16(14)27-10)17(11-2-5-13(20)6-3-11)24-9-15(18(21)25)23-19(24)26/h2-8,15,17H,9H2,1H3,(H2,21,25)(H,23,26)/t15?,17-/m1/s1. The number of aryl methyl sites for hydroxylation is 1. The van der Waals surface area contributed by atoms with Crippen LogP contribution in [0, 0.1) is 6.92 Å². The van der Waals surface area contributed by atoms with Crippen molar-refractivity contribution in [1.82, 2.24) is 15.2 Å². The number of halogens is 1. The van der Waals surface area contributed by atoms with E-state index in [0.717, 1.165) is 16.6 Å². The van der Waals surface area contributed by atoms with Crippen LogP contribution in [0.15, 0.2) is 46.9 Å². The van der Waals surface area contributed by atoms with E-state index in [1.165, 1.54) is 0 Å². The van der Waals surface area contributed by atoms with Gasteiger partial charge in [-0.1, -0.05) is 29.8 Å². The minimum absolute atomic E-state index is 0.176. The largest absolute Gasteiger partial charge is 0.441 e. The van der Waals surface area contributed by atoms with Crippen LogP contribution in [0.2, 0.25) is 5.02 Å². The number of nitrogens with two attached hydrogens (primary N) is 1. The summed E-state index contributed by atoms with van der Waals surface area (Å²) < 4.78 is 5.64. The third kappa shape index (κ3) is 3.21. The van der Waals surface area contributed by atoms with Crippen molar-refractivity contribution in [2.24, 2.45) is 5.73 Å². The molecule has 27 heavy (non-hydrogen) atoms. The quantitative estimate of drug-likeness (QED) is 0.722. The first-order valence-electron chi connectivity index (χ1n) is 8.41. The highest BCUT2D eigenvalue weighted by Crippen LogP contribution is 2.33. The van der Waals surface area contributed by atoms with E-state index in [0.29, 0.717) is 16.5 Å². The van der Waals surface area contributed by atoms with Crippen molar-refractivity contribution >= 4 is 34.6 Å². The van der Waals surface area contributed by atoms with Crippen molar-refractivity contribution in [1.29, 1.82) is 0 Å². The first-order chi connectivity index (χ1) is 12.9. The second-order valence-electron chi connectivity index (χ2n) is 6.47. The summed E-state index contributed by atoms with van der Waals surface area (Å²) in [4.78, 5) is 30.0. The van der Waals surface area contributed by atoms with Gasteiger partial charge in [-0.3, -0.25) is 4.79 Å². The van der Waals surface area contributed by atoms with E-state index in [1.807, 2.05) is 30.3 Å². The highest BCUT2D eigenvalue weighted by molar-refractivity contribution is 6.30. The summed E-state index contributed by atoms with van der Waals surface area (Å²) in [5.41, 5.74) is 8.44. The normalized spacial score (nSPS) is 17.9. The topological polar surface area (TPSA) is 101 Å². The fourth-order valence-corrected chi connectivity index (χ4v) is 3.49. The number of carbonyl (C=O) groups is 2. The molecule has 2 heterocycles. The first kappa shape index (κ1) is 17.4. The zero-order valence-corrected chi connectivity index (χ0v) is 15.2. The van der Waals surface area contributed by atoms with Crippen LogP contribution in [0.4, 0.5) is 4.79 Å². The van der Waals surface area contributed by atoms with Gasteiger partial charge < -0.3 is 20.4 Å². The highest BCUT2D eigenvalue weighted by atomic mass is 35.5. The molecule has 0 aliphatic carbocycles. The van der Waals surface area contributed by atoms with Crippen LogP contribution >= 0.6 is 11.6 Å². The number of aromatic nitrogens is 1. The van der Waals surface area contributed by atoms with E-state index >= 15 is 0 Å². The maximum atomic E-state index is 12.6. The lowest BCUT2D eigenvalue weighted by molar-refractivity contribution is -0.119. The smallest absolute Gasteiger partial charge is 0.318 e. The number of carbonyl (C=O) groups excluding carboxylic acids is 2. The second-order valence-corrected chi connectivity index (χ2v) is 6.91. The molecule has 1 saturated heterocycles. The molecule has 1 aromatic heterocycles. The minimum Gasteiger partial charge on any atom is -0.441 e. The molecule has 1 unspecified atom stereocenters. The van der Waals surface area contributed by atoms with E-state index in [2.05, 4.69) is 10.3 Å². The van der Waals surface area contributed by atoms with Gasteiger partial charge >= 0.3 is 6.03 Å². The van der Waals surface area contributed by atoms with Gasteiger partial charge in [-0.2, -0.15) is 0 Å². The number of rotatable bonds is 4. The lowest BCUT2D eigenvalue weighted by Gasteiger charge is -2.28. The van der Waals surface area contributed by atoms with Crippen molar-refractivity contribution < 1.29 is 14.0 Å². The molecule has 3 N–H and O–H groups in total. The molecule has 4 rings (SSSR count). The number of benzene rings is 2. The number of urea groups is 1. The zero-order valence-electron chi connectivity index (χ0n) is 14.5. The number of hydrogen-bond donors (Lipinski definition) is 2. The number of amides is 3. The van der Waals surface area contributed by atoms with Crippen LogP contribution in [0.5, 0.6) is 0 Å². The molecule has 8 heteroatoms. The molecule has 1 aliphatic heterocycles. The molecule has 0 spiro atoms. The number of primary amides is 1. The Morgan fingerprint density at radius 2 is 2.00 bits per heavy atom. The number of oxazole rings is 1. The van der Waals surface area contributed by atoms with Crippen molar-refractivity contribution in [2.75, 3.05) is 6.54 Å². The summed E-state index contributed by atoms with van der Waals surface area (Å²) in [6.45, 7) is 1.96. The molecule has 2 atom stereocenters. The van der Waals surface area contributed by atoms with Crippen molar-refractivity contribution in [3.63, 3.8) is 0 Å². The fourth-order valence-electron chi connectivity index (χ4n) is 3.36. The van der Waals surface area contributed by atoms with Crippen molar-refractivity contribution in [3.05, 3.63) is 64.5 Å². The number of fused-ring (bicyclic) bond motifs is 1. The van der Waals surface area contributed by atoms with Gasteiger partial charge in [0.15, 0.2) is 11.5 Å². The Kier molecular flexibility index (Phi) is 4.24. The molecule has 0 saturated carbocycles. The molecular weight excluding hydrogens is 368 g/mol. The number of nitrogens with zero attached hydrogens (tertiary/aromatic N) is 2. The second kappa shape index (κ2) is 6.59. The monoisotopic (exact) mass is 384 g/mol. The lowest BCUT2D eigenvalue weighted by atomic mass is 9.97. The minimum atomic E-state index is -0.733. The van der Waals surface area contributed by atoms with Gasteiger partial charge in [0.2, 0.25) is 5.91 Å². The molecule has 7 nitrogen and oxygen atoms in total. The van der Waals surface area contributed by atoms with Gasteiger partial charge in [-0.25, -0.2) is 9.78 Å². The highest BCUT2D eigenvalue weighted by Gasteiger charge is 2.38. The van der Waals surface area contributed by atoms with Gasteiger partial charge in [0.25, 0.3) is 0 Å². The molecule has 138 valence electrons. The number of hydrogen-bond acceptors (Lipinski definition) is 4. The molecule has 2 aromatic carbocycles. The molecule has 0 radical (unpaired) electrons. The lowest BCUT2D eigenvalue weighted by Crippen LogP contribution is -2.39. The van der Waals surface area contributed by atoms with Gasteiger partial charge in [-0.15, -0.1) is 0 Å². The van der Waals surface area contributed by atoms with Gasteiger partial charge in [0, 0.05) is 11.9 Å². The van der Waals surface area contributed by atoms with E-state index in [1.54, 1.807) is 24.0 Å². The predicted molar refractivity (Wildman–Crippen MR) is 100 cm³/mol. The Labute approximate surface area is 160 Å². The third-order valence-electron chi connectivity index (χ3n) is 4.61. The Morgan fingerprint density at radius 3 is 2.67 bits per heavy atom. The molecule has 1 fully saturated rings. The van der Waals surface area contributed by atoms with E-state index in [4.69, 9.17) is 21.8 Å². The van der Waals surface area contributed by atoms with Crippen LogP contribution in [0.1, 0.15) is 23.1 Å². The maximum Gasteiger partial charge on any atom is 0.318 e. The Balaban J connectivity index is 1.81. The Morgan fingerprint density at radius 1 is 1.30 bits per heavy atom. The summed E-state index contributed by atoms with van der Waals surface area (Å²) in [5, 5.41) is 3.22. The van der Waals surface area contributed by atoms with Crippen molar-refractivity contribution in [3.8, 4) is 0 Å². The maximum absolute atomic E-state index is 12.6. The Hall–Kier alpha value is -3.06. The predicted octanol–water partition coefficient (Wildman–Crippen LogP) is 2.76. The summed E-state index contributed by atoms with van der Waals surface area (Å²) in [6.07, 6.45) is 0. The molecular formula is C19H17ClN4O3. The van der Waals surface area contributed by atoms with Gasteiger partial charge in [-0.05, 0) is 35.4 Å². The zero-order chi connectivity index (χ0) is 19.1. The first-order valence-corrected chi connectivity index (χ1v) is 8.79. The van der Waals surface area contributed by atoms with E-state index in [9.17, 15) is 9.59 Å². The van der Waals surface area contributed by atoms with Crippen LogP contribution < -0.4 is 11.1 Å². The van der Waals surface area contributed by atoms with Crippen LogP contribution in [-0.2, 0) is 4.79 Å². The van der Waals surface area contributed by atoms with Gasteiger partial charge in [0.05, 0.1) is 12.6 Å². The summed E-state index contributed by atoms with van der Waals surface area (Å²) >= 11 is 6.02.